The van der Waals surface area contributed by atoms with Crippen molar-refractivity contribution >= 4 is 24.0 Å². The minimum atomic E-state index is -4.66. The zero-order chi connectivity index (χ0) is 13.9. The lowest BCUT2D eigenvalue weighted by molar-refractivity contribution is -0.138. The van der Waals surface area contributed by atoms with E-state index in [-0.39, 0.29) is 23.9 Å². The van der Waals surface area contributed by atoms with Crippen LogP contribution in [0, 0.1) is 5.82 Å². The monoisotopic (exact) mass is 317 g/mol. The molecular weight excluding hydrogens is 305 g/mol. The molecule has 0 bridgehead atoms. The van der Waals surface area contributed by atoms with Crippen molar-refractivity contribution in [2.24, 2.45) is 5.73 Å². The summed E-state index contributed by atoms with van der Waals surface area (Å²) in [4.78, 5) is 0. The first-order chi connectivity index (χ1) is 8.29. The number of halogens is 6. The molecule has 0 aromatic heterocycles. The second-order valence-electron chi connectivity index (χ2n) is 3.79. The van der Waals surface area contributed by atoms with E-state index < -0.39 is 29.2 Å². The fourth-order valence-corrected chi connectivity index (χ4v) is 1.78. The average Bonchev–Trinajstić information content (AvgIpc) is 2.27. The molecule has 0 aliphatic carbocycles. The van der Waals surface area contributed by atoms with Crippen LogP contribution in [0.1, 0.15) is 30.0 Å². The average molecular weight is 318 g/mol. The maximum atomic E-state index is 13.7. The molecule has 0 saturated heterocycles. The Kier molecular flexibility index (Phi) is 6.83. The topological polar surface area (TPSA) is 26.0 Å². The highest BCUT2D eigenvalue weighted by Gasteiger charge is 2.36. The molecule has 0 spiro atoms. The summed E-state index contributed by atoms with van der Waals surface area (Å²) in [5.74, 6) is -1.11. The summed E-state index contributed by atoms with van der Waals surface area (Å²) in [6.07, 6.45) is -2.59. The van der Waals surface area contributed by atoms with Gasteiger partial charge in [0.05, 0.1) is 10.6 Å². The number of benzene rings is 1. The van der Waals surface area contributed by atoms with Gasteiger partial charge in [0.15, 0.2) is 0 Å². The van der Waals surface area contributed by atoms with Crippen LogP contribution < -0.4 is 5.73 Å². The molecule has 108 valence electrons. The van der Waals surface area contributed by atoms with Crippen LogP contribution >= 0.6 is 24.0 Å². The highest BCUT2D eigenvalue weighted by molar-refractivity contribution is 6.30. The second kappa shape index (κ2) is 7.12. The van der Waals surface area contributed by atoms with Crippen LogP contribution in [0.15, 0.2) is 24.8 Å². The van der Waals surface area contributed by atoms with Gasteiger partial charge in [-0.3, -0.25) is 0 Å². The number of nitrogens with two attached hydrogens (primary N) is 1. The van der Waals surface area contributed by atoms with Crippen molar-refractivity contribution < 1.29 is 17.6 Å². The maximum Gasteiger partial charge on any atom is 0.416 e. The molecule has 0 aliphatic heterocycles. The molecule has 7 heteroatoms. The van der Waals surface area contributed by atoms with Crippen molar-refractivity contribution in [3.8, 4) is 0 Å². The van der Waals surface area contributed by atoms with Crippen LogP contribution in [0.4, 0.5) is 17.6 Å². The molecule has 1 nitrogen and oxygen atoms in total. The Hall–Kier alpha value is -0.780. The summed E-state index contributed by atoms with van der Waals surface area (Å²) in [6, 6.07) is 0.552. The first-order valence-electron chi connectivity index (χ1n) is 5.20. The van der Waals surface area contributed by atoms with E-state index in [0.717, 1.165) is 12.1 Å². The molecule has 19 heavy (non-hydrogen) atoms. The molecule has 2 N–H and O–H groups in total. The summed E-state index contributed by atoms with van der Waals surface area (Å²) in [5.41, 5.74) is 3.93. The number of hydrogen-bond acceptors (Lipinski definition) is 1. The quantitative estimate of drug-likeness (QED) is 0.621. The lowest BCUT2D eigenvalue weighted by atomic mass is 9.96. The van der Waals surface area contributed by atoms with Crippen LogP contribution in [-0.2, 0) is 6.18 Å². The summed E-state index contributed by atoms with van der Waals surface area (Å²) in [7, 11) is 0. The van der Waals surface area contributed by atoms with Crippen LogP contribution in [0.5, 0.6) is 0 Å². The van der Waals surface area contributed by atoms with Crippen LogP contribution in [0.25, 0.3) is 0 Å². The van der Waals surface area contributed by atoms with Crippen molar-refractivity contribution in [3.63, 3.8) is 0 Å². The highest BCUT2D eigenvalue weighted by atomic mass is 35.5. The van der Waals surface area contributed by atoms with Crippen molar-refractivity contribution in [3.05, 3.63) is 46.8 Å². The van der Waals surface area contributed by atoms with Crippen LogP contribution in [-0.4, -0.2) is 0 Å². The highest BCUT2D eigenvalue weighted by Crippen LogP contribution is 2.38. The van der Waals surface area contributed by atoms with Gasteiger partial charge in [-0.1, -0.05) is 17.7 Å². The molecule has 0 saturated carbocycles. The smallest absolute Gasteiger partial charge is 0.324 e. The van der Waals surface area contributed by atoms with E-state index in [1.54, 1.807) is 0 Å². The minimum absolute atomic E-state index is 0. The van der Waals surface area contributed by atoms with E-state index in [1.165, 1.54) is 6.08 Å². The minimum Gasteiger partial charge on any atom is -0.324 e. The van der Waals surface area contributed by atoms with Crippen LogP contribution in [0.2, 0.25) is 5.02 Å². The SMILES string of the molecule is C=CCC[C@@H](N)c1c(C(F)(F)F)ccc(Cl)c1F.Cl. The molecule has 1 aromatic rings. The van der Waals surface area contributed by atoms with Gasteiger partial charge in [0, 0.05) is 11.6 Å². The Morgan fingerprint density at radius 1 is 1.37 bits per heavy atom. The standard InChI is InChI=1S/C12H12ClF4N.ClH/c1-2-3-4-9(18)10-7(12(15,16)17)5-6-8(13)11(10)14;/h2,5-6,9H,1,3-4,18H2;1H/t9-;/m1./s1. The van der Waals surface area contributed by atoms with Crippen molar-refractivity contribution in [2.45, 2.75) is 25.1 Å². The maximum absolute atomic E-state index is 13.7. The molecule has 0 heterocycles. The van der Waals surface area contributed by atoms with Crippen molar-refractivity contribution in [2.75, 3.05) is 0 Å². The van der Waals surface area contributed by atoms with Gasteiger partial charge in [0.25, 0.3) is 0 Å². The Bertz CT molecular complexity index is 446. The molecule has 1 rings (SSSR count). The van der Waals surface area contributed by atoms with Crippen LogP contribution in [0.3, 0.4) is 0 Å². The van der Waals surface area contributed by atoms with Gasteiger partial charge in [-0.15, -0.1) is 19.0 Å². The van der Waals surface area contributed by atoms with Gasteiger partial charge >= 0.3 is 6.18 Å². The van der Waals surface area contributed by atoms with E-state index in [2.05, 4.69) is 6.58 Å². The van der Waals surface area contributed by atoms with Gasteiger partial charge in [-0.05, 0) is 25.0 Å². The Morgan fingerprint density at radius 2 is 1.95 bits per heavy atom. The summed E-state index contributed by atoms with van der Waals surface area (Å²) in [6.45, 7) is 3.44. The molecule has 1 atom stereocenters. The molecule has 0 fully saturated rings. The number of rotatable bonds is 4. The van der Waals surface area contributed by atoms with Gasteiger partial charge in [0.2, 0.25) is 0 Å². The van der Waals surface area contributed by atoms with E-state index in [0.29, 0.717) is 6.42 Å². The zero-order valence-electron chi connectivity index (χ0n) is 9.81. The molecule has 0 unspecified atom stereocenters. The lowest BCUT2D eigenvalue weighted by Crippen LogP contribution is -2.19. The fraction of sp³-hybridized carbons (Fsp3) is 0.333. The third kappa shape index (κ3) is 4.37. The Labute approximate surface area is 119 Å². The number of allylic oxidation sites excluding steroid dienone is 1. The number of alkyl halides is 3. The first kappa shape index (κ1) is 18.2. The largest absolute Gasteiger partial charge is 0.416 e. The van der Waals surface area contributed by atoms with Gasteiger partial charge in [-0.2, -0.15) is 13.2 Å². The molecular formula is C12H13Cl2F4N. The van der Waals surface area contributed by atoms with Gasteiger partial charge in [0.1, 0.15) is 5.82 Å². The predicted molar refractivity (Wildman–Crippen MR) is 70.0 cm³/mol. The normalized spacial score (nSPS) is 12.7. The predicted octanol–water partition coefficient (Wildman–Crippen LogP) is 4.89. The zero-order valence-corrected chi connectivity index (χ0v) is 11.4. The lowest BCUT2D eigenvalue weighted by Gasteiger charge is -2.19. The summed E-state index contributed by atoms with van der Waals surface area (Å²) < 4.78 is 52.0. The van der Waals surface area contributed by atoms with Gasteiger partial charge in [-0.25, -0.2) is 4.39 Å². The molecule has 0 radical (unpaired) electrons. The van der Waals surface area contributed by atoms with E-state index in [4.69, 9.17) is 17.3 Å². The third-order valence-electron chi connectivity index (χ3n) is 2.49. The number of hydrogen-bond donors (Lipinski definition) is 1. The van der Waals surface area contributed by atoms with Crippen molar-refractivity contribution in [1.82, 2.24) is 0 Å². The molecule has 0 amide bonds. The fourth-order valence-electron chi connectivity index (χ4n) is 1.62. The van der Waals surface area contributed by atoms with E-state index in [1.807, 2.05) is 0 Å². The third-order valence-corrected chi connectivity index (χ3v) is 2.78. The Morgan fingerprint density at radius 3 is 2.42 bits per heavy atom. The first-order valence-corrected chi connectivity index (χ1v) is 5.58. The second-order valence-corrected chi connectivity index (χ2v) is 4.20. The Balaban J connectivity index is 0.00000324. The van der Waals surface area contributed by atoms with Gasteiger partial charge < -0.3 is 5.73 Å². The summed E-state index contributed by atoms with van der Waals surface area (Å²) in [5, 5.41) is -0.368. The molecule has 0 aliphatic rings. The summed E-state index contributed by atoms with van der Waals surface area (Å²) >= 11 is 5.50. The van der Waals surface area contributed by atoms with Crippen molar-refractivity contribution in [1.29, 1.82) is 0 Å². The molecule has 1 aromatic carbocycles. The van der Waals surface area contributed by atoms with E-state index in [9.17, 15) is 17.6 Å². The van der Waals surface area contributed by atoms with E-state index >= 15 is 0 Å².